The van der Waals surface area contributed by atoms with Crippen LogP contribution >= 0.6 is 0 Å². The van der Waals surface area contributed by atoms with Gasteiger partial charge in [0.25, 0.3) is 0 Å². The van der Waals surface area contributed by atoms with E-state index in [0.717, 1.165) is 61.8 Å². The van der Waals surface area contributed by atoms with Crippen molar-refractivity contribution < 1.29 is 28.5 Å². The number of carbonyl (C=O) groups excluding carboxylic acids is 2. The second-order valence-electron chi connectivity index (χ2n) is 20.0. The van der Waals surface area contributed by atoms with Crippen LogP contribution in [0.1, 0.15) is 73.6 Å². The van der Waals surface area contributed by atoms with E-state index in [9.17, 15) is 9.59 Å². The van der Waals surface area contributed by atoms with Crippen LogP contribution in [-0.2, 0) is 33.5 Å². The van der Waals surface area contributed by atoms with Crippen molar-refractivity contribution in [2.75, 3.05) is 41.5 Å². The number of hydrogen-bond acceptors (Lipinski definition) is 6. The molecule has 6 atom stereocenters. The monoisotopic (exact) mass is 870 g/mol. The standard InChI is InChI=1S/2C26H33NO3Si/c2*1-29-22-15-18-12-14-27-25(28)17-21-24(31(3,4)19-9-6-5-7-10-19)11-8-13-26(21,27)20(18)16-23(22)30-2/h2*5-7,9-10,15-16,21,24H,8,11-14,17H2,1-4H3/t2*21-,24+,26-/m11/s1. The number of fused-ring (bicyclic) bond motifs is 2. The Bertz CT molecular complexity index is 2170. The van der Waals surface area contributed by atoms with Gasteiger partial charge >= 0.3 is 0 Å². The minimum atomic E-state index is -1.77. The molecule has 328 valence electrons. The summed E-state index contributed by atoms with van der Waals surface area (Å²) in [6, 6.07) is 30.8. The van der Waals surface area contributed by atoms with E-state index in [2.05, 4.69) is 121 Å². The lowest BCUT2D eigenvalue weighted by molar-refractivity contribution is -0.133. The third-order valence-corrected chi connectivity index (χ3v) is 25.7. The SMILES string of the molecule is COc1cc2c(cc1OC)[C@]13CCC[C@H]([Si](C)(C)c4ccccc4)[C@H]1CC(=O)N3CC2.COc1cc2c(cc1OC)[C@]13CCC[C@H]([Si](C)(C)c4ccccc4)[C@H]1CC(=O)N3CC2. The highest BCUT2D eigenvalue weighted by Gasteiger charge is 2.63. The Morgan fingerprint density at radius 2 is 0.887 bits per heavy atom. The van der Waals surface area contributed by atoms with Gasteiger partial charge in [-0.2, -0.15) is 0 Å². The summed E-state index contributed by atoms with van der Waals surface area (Å²) >= 11 is 0. The molecule has 0 N–H and O–H groups in total. The highest BCUT2D eigenvalue weighted by Crippen LogP contribution is 2.63. The Kier molecular flexibility index (Phi) is 11.2. The van der Waals surface area contributed by atoms with Crippen molar-refractivity contribution in [3.63, 3.8) is 0 Å². The molecule has 6 aliphatic rings. The van der Waals surface area contributed by atoms with Crippen molar-refractivity contribution in [1.82, 2.24) is 9.80 Å². The summed E-state index contributed by atoms with van der Waals surface area (Å²) in [5, 5.41) is 3.01. The first-order valence-corrected chi connectivity index (χ1v) is 29.2. The fourth-order valence-electron chi connectivity index (χ4n) is 14.0. The number of ether oxygens (including phenoxy) is 4. The van der Waals surface area contributed by atoms with E-state index in [4.69, 9.17) is 18.9 Å². The predicted octanol–water partition coefficient (Wildman–Crippen LogP) is 8.95. The molecule has 2 saturated heterocycles. The molecule has 2 spiro atoms. The van der Waals surface area contributed by atoms with E-state index < -0.39 is 16.1 Å². The van der Waals surface area contributed by atoms with Gasteiger partial charge < -0.3 is 28.7 Å². The topological polar surface area (TPSA) is 77.5 Å². The normalized spacial score (nSPS) is 27.4. The van der Waals surface area contributed by atoms with Crippen LogP contribution in [0.3, 0.4) is 0 Å². The molecule has 4 aromatic carbocycles. The van der Waals surface area contributed by atoms with Crippen molar-refractivity contribution in [2.45, 2.75) is 113 Å². The number of rotatable bonds is 8. The van der Waals surface area contributed by atoms with Crippen LogP contribution < -0.4 is 29.3 Å². The van der Waals surface area contributed by atoms with Gasteiger partial charge in [0.2, 0.25) is 11.8 Å². The maximum Gasteiger partial charge on any atom is 0.223 e. The quantitative estimate of drug-likeness (QED) is 0.165. The van der Waals surface area contributed by atoms with Crippen LogP contribution in [0.5, 0.6) is 23.0 Å². The Morgan fingerprint density at radius 3 is 1.24 bits per heavy atom. The second kappa shape index (κ2) is 16.2. The Hall–Kier alpha value is -4.55. The number of hydrogen-bond donors (Lipinski definition) is 0. The number of methoxy groups -OCH3 is 4. The van der Waals surface area contributed by atoms with Gasteiger partial charge in [-0.3, -0.25) is 9.59 Å². The fraction of sp³-hybridized carbons (Fsp3) is 0.500. The van der Waals surface area contributed by atoms with E-state index in [-0.39, 0.29) is 11.1 Å². The molecule has 4 aromatic rings. The van der Waals surface area contributed by atoms with Crippen LogP contribution in [0.4, 0.5) is 0 Å². The maximum atomic E-state index is 13.4. The molecule has 4 aliphatic heterocycles. The molecule has 2 saturated carbocycles. The summed E-state index contributed by atoms with van der Waals surface area (Å²) in [5.41, 5.74) is 6.07. The van der Waals surface area contributed by atoms with Crippen LogP contribution in [0.25, 0.3) is 0 Å². The summed E-state index contributed by atoms with van der Waals surface area (Å²) in [7, 11) is 3.26. The highest BCUT2D eigenvalue weighted by atomic mass is 28.3. The average Bonchev–Trinajstić information content (AvgIpc) is 3.79. The molecule has 0 aromatic heterocycles. The largest absolute Gasteiger partial charge is 0.493 e. The molecule has 0 unspecified atom stereocenters. The summed E-state index contributed by atoms with van der Waals surface area (Å²) < 4.78 is 22.6. The lowest BCUT2D eigenvalue weighted by atomic mass is 9.66. The summed E-state index contributed by atoms with van der Waals surface area (Å²) in [6.45, 7) is 11.7. The molecular formula is C52H66N2O6Si2. The van der Waals surface area contributed by atoms with Gasteiger partial charge in [0.15, 0.2) is 23.0 Å². The van der Waals surface area contributed by atoms with Gasteiger partial charge in [-0.25, -0.2) is 0 Å². The number of benzene rings is 4. The Labute approximate surface area is 371 Å². The van der Waals surface area contributed by atoms with E-state index in [0.29, 0.717) is 47.6 Å². The van der Waals surface area contributed by atoms with Gasteiger partial charge in [-0.05, 0) is 95.1 Å². The third-order valence-electron chi connectivity index (χ3n) is 16.9. The molecular weight excluding hydrogens is 805 g/mol. The van der Waals surface area contributed by atoms with Gasteiger partial charge in [0.05, 0.1) is 55.7 Å². The number of amides is 2. The number of nitrogens with zero attached hydrogens (tertiary/aromatic N) is 2. The molecule has 2 amide bonds. The predicted molar refractivity (Wildman–Crippen MR) is 252 cm³/mol. The fourth-order valence-corrected chi connectivity index (χ4v) is 21.6. The molecule has 0 radical (unpaired) electrons. The van der Waals surface area contributed by atoms with E-state index >= 15 is 0 Å². The second-order valence-corrected chi connectivity index (χ2v) is 29.5. The van der Waals surface area contributed by atoms with Crippen molar-refractivity contribution in [3.05, 3.63) is 107 Å². The van der Waals surface area contributed by atoms with Crippen LogP contribution in [0.15, 0.2) is 84.9 Å². The van der Waals surface area contributed by atoms with Crippen molar-refractivity contribution in [2.24, 2.45) is 11.8 Å². The Morgan fingerprint density at radius 1 is 0.532 bits per heavy atom. The summed E-state index contributed by atoms with van der Waals surface area (Å²) in [4.78, 5) is 31.2. The van der Waals surface area contributed by atoms with Gasteiger partial charge in [0, 0.05) is 25.9 Å². The first-order valence-electron chi connectivity index (χ1n) is 23.1. The third kappa shape index (κ3) is 6.47. The zero-order valence-electron chi connectivity index (χ0n) is 38.2. The molecule has 4 fully saturated rings. The van der Waals surface area contributed by atoms with E-state index in [1.165, 1.54) is 58.3 Å². The van der Waals surface area contributed by atoms with Crippen LogP contribution in [0, 0.1) is 11.8 Å². The molecule has 62 heavy (non-hydrogen) atoms. The molecule has 2 aliphatic carbocycles. The van der Waals surface area contributed by atoms with E-state index in [1.807, 2.05) is 0 Å². The van der Waals surface area contributed by atoms with Crippen LogP contribution in [-0.4, -0.2) is 79.3 Å². The van der Waals surface area contributed by atoms with Gasteiger partial charge in [-0.15, -0.1) is 0 Å². The minimum Gasteiger partial charge on any atom is -0.493 e. The summed E-state index contributed by atoms with van der Waals surface area (Å²) in [5.74, 6) is 4.55. The van der Waals surface area contributed by atoms with Gasteiger partial charge in [0.1, 0.15) is 0 Å². The van der Waals surface area contributed by atoms with Crippen molar-refractivity contribution >= 4 is 38.3 Å². The average molecular weight is 871 g/mol. The first kappa shape index (κ1) is 42.7. The lowest BCUT2D eigenvalue weighted by Gasteiger charge is -2.54. The highest BCUT2D eigenvalue weighted by molar-refractivity contribution is 6.91. The first-order chi connectivity index (χ1) is 29.9. The smallest absolute Gasteiger partial charge is 0.223 e. The van der Waals surface area contributed by atoms with E-state index in [1.54, 1.807) is 28.4 Å². The van der Waals surface area contributed by atoms with Crippen LogP contribution in [0.2, 0.25) is 37.3 Å². The summed E-state index contributed by atoms with van der Waals surface area (Å²) in [6.07, 6.45) is 10.0. The van der Waals surface area contributed by atoms with Crippen molar-refractivity contribution in [3.8, 4) is 23.0 Å². The number of carbonyl (C=O) groups is 2. The molecule has 10 heteroatoms. The minimum absolute atomic E-state index is 0.188. The maximum absolute atomic E-state index is 13.4. The van der Waals surface area contributed by atoms with Crippen molar-refractivity contribution in [1.29, 1.82) is 0 Å². The molecule has 8 nitrogen and oxygen atoms in total. The molecule has 4 heterocycles. The molecule has 10 rings (SSSR count). The Balaban J connectivity index is 0.000000158. The zero-order valence-corrected chi connectivity index (χ0v) is 40.2. The van der Waals surface area contributed by atoms with Gasteiger partial charge in [-0.1, -0.05) is 123 Å². The lowest BCUT2D eigenvalue weighted by Crippen LogP contribution is -2.58. The molecule has 0 bridgehead atoms. The zero-order chi connectivity index (χ0) is 43.6.